The third kappa shape index (κ3) is 8.69. The van der Waals surface area contributed by atoms with Gasteiger partial charge in [0.15, 0.2) is 11.6 Å². The summed E-state index contributed by atoms with van der Waals surface area (Å²) in [6, 6.07) is 18.8. The Morgan fingerprint density at radius 2 is 1.26 bits per heavy atom. The van der Waals surface area contributed by atoms with Crippen LogP contribution in [0.2, 0.25) is 0 Å². The molecule has 6 aliphatic rings. The van der Waals surface area contributed by atoms with E-state index in [4.69, 9.17) is 5.73 Å². The van der Waals surface area contributed by atoms with E-state index in [1.54, 1.807) is 29.2 Å². The number of hydrogen-bond donors (Lipinski definition) is 3. The molecule has 58 heavy (non-hydrogen) atoms. The highest BCUT2D eigenvalue weighted by molar-refractivity contribution is 5.97. The number of nitrogens with two attached hydrogens (primary N) is 1. The second kappa shape index (κ2) is 16.3. The molecule has 2 atom stereocenters. The molecule has 2 saturated carbocycles. The van der Waals surface area contributed by atoms with Gasteiger partial charge in [-0.25, -0.2) is 14.8 Å². The molecule has 2 saturated heterocycles. The van der Waals surface area contributed by atoms with Gasteiger partial charge in [-0.15, -0.1) is 0 Å². The maximum Gasteiger partial charge on any atom is 0.416 e. The molecule has 0 unspecified atom stereocenters. The molecule has 4 N–H and O–H groups in total. The Kier molecular flexibility index (Phi) is 11.2. The summed E-state index contributed by atoms with van der Waals surface area (Å²) < 4.78 is 77.9. The minimum absolute atomic E-state index is 0.0307. The summed E-state index contributed by atoms with van der Waals surface area (Å²) in [6.07, 6.45) is 2.63. The fraction of sp³-hybridized carbons (Fsp3) is 0.465. The zero-order valence-corrected chi connectivity index (χ0v) is 32.1. The molecule has 6 heterocycles. The van der Waals surface area contributed by atoms with Gasteiger partial charge in [0.2, 0.25) is 0 Å². The van der Waals surface area contributed by atoms with Crippen molar-refractivity contribution in [3.63, 3.8) is 0 Å². The van der Waals surface area contributed by atoms with Gasteiger partial charge in [-0.1, -0.05) is 49.9 Å². The molecule has 9 nitrogen and oxygen atoms in total. The number of amides is 2. The van der Waals surface area contributed by atoms with E-state index in [0.29, 0.717) is 40.4 Å². The molecule has 2 aliphatic carbocycles. The van der Waals surface area contributed by atoms with E-state index in [1.165, 1.54) is 37.8 Å². The first kappa shape index (κ1) is 39.8. The number of alkyl halides is 6. The number of halogens is 6. The Balaban J connectivity index is 0.000000146. The predicted molar refractivity (Wildman–Crippen MR) is 214 cm³/mol. The van der Waals surface area contributed by atoms with Crippen LogP contribution in [0, 0.1) is 0 Å². The lowest BCUT2D eigenvalue weighted by Gasteiger charge is -2.36. The molecule has 308 valence electrons. The summed E-state index contributed by atoms with van der Waals surface area (Å²) >= 11 is 0. The Hall–Kier alpha value is -5.05. The minimum atomic E-state index is -4.41. The predicted octanol–water partition coefficient (Wildman–Crippen LogP) is 9.48. The molecular weight excluding hydrogens is 759 g/mol. The third-order valence-electron chi connectivity index (χ3n) is 12.0. The Labute approximate surface area is 334 Å². The summed E-state index contributed by atoms with van der Waals surface area (Å²) in [7, 11) is 0. The summed E-state index contributed by atoms with van der Waals surface area (Å²) in [6.45, 7) is 3.57. The first-order valence-corrected chi connectivity index (χ1v) is 20.3. The maximum absolute atomic E-state index is 13.1. The van der Waals surface area contributed by atoms with Crippen molar-refractivity contribution in [2.24, 2.45) is 5.73 Å². The average Bonchev–Trinajstić information content (AvgIpc) is 4.05. The van der Waals surface area contributed by atoms with Crippen LogP contribution in [0.15, 0.2) is 72.8 Å². The number of pyridine rings is 2. The fourth-order valence-electron chi connectivity index (χ4n) is 8.88. The Bertz CT molecular complexity index is 2100. The van der Waals surface area contributed by atoms with Crippen LogP contribution in [0.25, 0.3) is 22.5 Å². The molecule has 4 bridgehead atoms. The van der Waals surface area contributed by atoms with Crippen LogP contribution >= 0.6 is 0 Å². The van der Waals surface area contributed by atoms with Crippen molar-refractivity contribution in [2.75, 3.05) is 46.2 Å². The van der Waals surface area contributed by atoms with Gasteiger partial charge in [0.1, 0.15) is 0 Å². The summed E-state index contributed by atoms with van der Waals surface area (Å²) in [4.78, 5) is 28.5. The summed E-state index contributed by atoms with van der Waals surface area (Å²) in [5.74, 6) is 1.30. The van der Waals surface area contributed by atoms with Crippen molar-refractivity contribution < 1.29 is 31.1 Å². The van der Waals surface area contributed by atoms with Gasteiger partial charge in [-0.3, -0.25) is 4.90 Å². The summed E-state index contributed by atoms with van der Waals surface area (Å²) in [5, 5.41) is 6.51. The van der Waals surface area contributed by atoms with E-state index < -0.39 is 23.5 Å². The van der Waals surface area contributed by atoms with Crippen molar-refractivity contribution >= 4 is 29.0 Å². The number of nitrogens with zero attached hydrogens (tertiary/aromatic N) is 5. The molecule has 4 aromatic rings. The number of benzene rings is 2. The van der Waals surface area contributed by atoms with Crippen molar-refractivity contribution in [2.45, 2.75) is 101 Å². The number of carbonyl (C=O) groups is 1. The van der Waals surface area contributed by atoms with Crippen LogP contribution in [-0.2, 0) is 12.4 Å². The highest BCUT2D eigenvalue weighted by Crippen LogP contribution is 2.41. The molecule has 15 heteroatoms. The first-order valence-electron chi connectivity index (χ1n) is 20.3. The highest BCUT2D eigenvalue weighted by Gasteiger charge is 2.41. The second-order valence-corrected chi connectivity index (χ2v) is 16.1. The van der Waals surface area contributed by atoms with Crippen LogP contribution in [0.1, 0.15) is 75.3 Å². The number of carbonyl (C=O) groups excluding carboxylic acids is 1. The van der Waals surface area contributed by atoms with Crippen molar-refractivity contribution in [1.82, 2.24) is 15.3 Å². The van der Waals surface area contributed by atoms with Gasteiger partial charge in [-0.05, 0) is 87.1 Å². The number of anilines is 4. The SMILES string of the molecule is FC(F)(F)c1cccc(-c2ccc3c(n2)N[C@H]2CCN3C2)c1.NC1CCCC1.O=C(NC1CCCC1)N1c2nc(-c3cccc(C(F)(F)F)c3)ccc2N2CC[C@H]1C2. The Morgan fingerprint density at radius 3 is 1.86 bits per heavy atom. The zero-order chi connectivity index (χ0) is 40.6. The molecule has 10 rings (SSSR count). The van der Waals surface area contributed by atoms with Gasteiger partial charge >= 0.3 is 18.4 Å². The lowest BCUT2D eigenvalue weighted by atomic mass is 10.1. The molecular formula is C43H48F6N8O. The van der Waals surface area contributed by atoms with E-state index in [9.17, 15) is 31.1 Å². The molecule has 4 aliphatic heterocycles. The van der Waals surface area contributed by atoms with Crippen LogP contribution in [0.3, 0.4) is 0 Å². The number of rotatable bonds is 3. The van der Waals surface area contributed by atoms with Gasteiger partial charge in [0.25, 0.3) is 0 Å². The van der Waals surface area contributed by atoms with E-state index >= 15 is 0 Å². The number of hydrogen-bond acceptors (Lipinski definition) is 7. The molecule has 2 aromatic heterocycles. The number of nitrogens with one attached hydrogen (secondary N) is 2. The van der Waals surface area contributed by atoms with Crippen molar-refractivity contribution in [3.05, 3.63) is 83.9 Å². The molecule has 2 aromatic carbocycles. The zero-order valence-electron chi connectivity index (χ0n) is 32.1. The normalized spacial score (nSPS) is 21.1. The van der Waals surface area contributed by atoms with E-state index in [2.05, 4.69) is 30.4 Å². The average molecular weight is 807 g/mol. The van der Waals surface area contributed by atoms with Gasteiger partial charge in [-0.2, -0.15) is 26.3 Å². The van der Waals surface area contributed by atoms with E-state index in [-0.39, 0.29) is 18.1 Å². The van der Waals surface area contributed by atoms with Crippen molar-refractivity contribution in [3.8, 4) is 22.5 Å². The van der Waals surface area contributed by atoms with Crippen LogP contribution in [-0.4, -0.2) is 66.3 Å². The quantitative estimate of drug-likeness (QED) is 0.177. The fourth-order valence-corrected chi connectivity index (χ4v) is 8.88. The van der Waals surface area contributed by atoms with Crippen LogP contribution in [0.5, 0.6) is 0 Å². The van der Waals surface area contributed by atoms with E-state index in [1.807, 2.05) is 12.1 Å². The molecule has 0 spiro atoms. The second-order valence-electron chi connectivity index (χ2n) is 16.1. The molecule has 0 radical (unpaired) electrons. The van der Waals surface area contributed by atoms with Crippen LogP contribution in [0.4, 0.5) is 54.1 Å². The van der Waals surface area contributed by atoms with Gasteiger partial charge < -0.3 is 26.2 Å². The molecule has 2 amide bonds. The van der Waals surface area contributed by atoms with E-state index in [0.717, 1.165) is 106 Å². The number of urea groups is 1. The monoisotopic (exact) mass is 806 g/mol. The first-order chi connectivity index (χ1) is 27.8. The summed E-state index contributed by atoms with van der Waals surface area (Å²) in [5.41, 5.74) is 7.92. The van der Waals surface area contributed by atoms with Crippen molar-refractivity contribution in [1.29, 1.82) is 0 Å². The largest absolute Gasteiger partial charge is 0.416 e. The van der Waals surface area contributed by atoms with Crippen LogP contribution < -0.4 is 31.1 Å². The number of fused-ring (bicyclic) bond motifs is 8. The standard InChI is InChI=1S/C22H23F3N4O.C16H14F3N3.C5H11N/c23-22(24,25)15-5-3-4-14(12-15)18-8-9-19-20(27-18)29(17-10-11-28(19)13-17)21(30)26-16-6-1-2-7-16;17-16(18,19)11-3-1-2-10(8-11)13-4-5-14-15(21-13)20-12-6-7-22(14)9-12;6-5-3-1-2-4-5/h3-5,8-9,12,16-17H,1-2,6-7,10-11,13H2,(H,26,30);1-5,8,12H,6-7,9H2,(H,20,21);5H,1-4,6H2/t17-;12-;/m00./s1. The maximum atomic E-state index is 13.1. The molecule has 4 fully saturated rings. The Morgan fingerprint density at radius 1 is 0.690 bits per heavy atom. The number of aromatic nitrogens is 2. The van der Waals surface area contributed by atoms with Gasteiger partial charge in [0.05, 0.1) is 39.9 Å². The topological polar surface area (TPSA) is 103 Å². The lowest BCUT2D eigenvalue weighted by molar-refractivity contribution is -0.138. The highest BCUT2D eigenvalue weighted by atomic mass is 19.4. The third-order valence-corrected chi connectivity index (χ3v) is 12.0. The minimum Gasteiger partial charge on any atom is -0.366 e. The van der Waals surface area contributed by atoms with Gasteiger partial charge in [0, 0.05) is 55.4 Å². The smallest absolute Gasteiger partial charge is 0.366 e. The lowest BCUT2D eigenvalue weighted by Crippen LogP contribution is -2.52.